The van der Waals surface area contributed by atoms with Crippen molar-refractivity contribution in [3.05, 3.63) is 76.7 Å². The second-order valence-electron chi connectivity index (χ2n) is 6.65. The van der Waals surface area contributed by atoms with E-state index in [1.54, 1.807) is 42.5 Å². The predicted molar refractivity (Wildman–Crippen MR) is 115 cm³/mol. The van der Waals surface area contributed by atoms with E-state index in [1.807, 2.05) is 0 Å². The maximum atomic E-state index is 15.4. The van der Waals surface area contributed by atoms with E-state index >= 15 is 4.39 Å². The summed E-state index contributed by atoms with van der Waals surface area (Å²) in [6, 6.07) is 12.3. The van der Waals surface area contributed by atoms with Crippen LogP contribution in [0.15, 0.2) is 54.7 Å². The number of nitrogens with zero attached hydrogens (tertiary/aromatic N) is 2. The van der Waals surface area contributed by atoms with Gasteiger partial charge in [-0.2, -0.15) is 0 Å². The van der Waals surface area contributed by atoms with E-state index in [0.717, 1.165) is 4.90 Å². The molecule has 2 amide bonds. The Balaban J connectivity index is 1.92. The zero-order chi connectivity index (χ0) is 22.5. The number of primary amides is 1. The summed E-state index contributed by atoms with van der Waals surface area (Å²) in [5.41, 5.74) is 7.17. The van der Waals surface area contributed by atoms with Crippen molar-refractivity contribution in [2.45, 2.75) is 6.42 Å². The second kappa shape index (κ2) is 9.44. The maximum absolute atomic E-state index is 15.4. The molecule has 1 aromatic heterocycles. The number of anilines is 1. The molecule has 0 aliphatic heterocycles. The van der Waals surface area contributed by atoms with E-state index in [0.29, 0.717) is 33.0 Å². The van der Waals surface area contributed by atoms with Crippen LogP contribution in [-0.4, -0.2) is 35.7 Å². The number of urea groups is 1. The van der Waals surface area contributed by atoms with E-state index in [-0.39, 0.29) is 12.2 Å². The van der Waals surface area contributed by atoms with Gasteiger partial charge < -0.3 is 15.6 Å². The minimum absolute atomic E-state index is 0.0912. The van der Waals surface area contributed by atoms with E-state index in [9.17, 15) is 9.59 Å². The maximum Gasteiger partial charge on any atom is 0.323 e. The minimum atomic E-state index is -1.22. The molecule has 1 heterocycles. The molecule has 3 rings (SSSR count). The van der Waals surface area contributed by atoms with Gasteiger partial charge in [0.25, 0.3) is 0 Å². The Morgan fingerprint density at radius 2 is 2.00 bits per heavy atom. The Hall–Kier alpha value is -3.65. The molecule has 0 saturated carbocycles. The SMILES string of the molecule is COc1ccc(Cc2ccc(N(CC(=O)O)C(N)=O)nc2)c(F)c1-c1cccc(Cl)c1. The van der Waals surface area contributed by atoms with Crippen LogP contribution in [0.2, 0.25) is 5.02 Å². The number of carbonyl (C=O) groups is 2. The van der Waals surface area contributed by atoms with Crippen LogP contribution in [-0.2, 0) is 11.2 Å². The van der Waals surface area contributed by atoms with Gasteiger partial charge in [0.15, 0.2) is 0 Å². The summed E-state index contributed by atoms with van der Waals surface area (Å²) in [6.07, 6.45) is 1.65. The van der Waals surface area contributed by atoms with Gasteiger partial charge in [-0.1, -0.05) is 35.9 Å². The summed E-state index contributed by atoms with van der Waals surface area (Å²) >= 11 is 6.06. The first-order valence-corrected chi connectivity index (χ1v) is 9.53. The van der Waals surface area contributed by atoms with Gasteiger partial charge in [0.1, 0.15) is 23.9 Å². The first kappa shape index (κ1) is 22.0. The van der Waals surface area contributed by atoms with Crippen LogP contribution < -0.4 is 15.4 Å². The van der Waals surface area contributed by atoms with E-state index in [1.165, 1.54) is 19.4 Å². The number of ether oxygens (including phenoxy) is 1. The number of hydrogen-bond donors (Lipinski definition) is 2. The minimum Gasteiger partial charge on any atom is -0.496 e. The molecule has 0 bridgehead atoms. The number of aromatic nitrogens is 1. The number of hydrogen-bond acceptors (Lipinski definition) is 4. The van der Waals surface area contributed by atoms with Gasteiger partial charge >= 0.3 is 12.0 Å². The summed E-state index contributed by atoms with van der Waals surface area (Å²) in [5.74, 6) is -1.20. The van der Waals surface area contributed by atoms with Crippen LogP contribution in [0, 0.1) is 5.82 Å². The molecule has 160 valence electrons. The fraction of sp³-hybridized carbons (Fsp3) is 0.136. The predicted octanol–water partition coefficient (Wildman–Crippen LogP) is 4.11. The Labute approximate surface area is 182 Å². The lowest BCUT2D eigenvalue weighted by Crippen LogP contribution is -2.40. The highest BCUT2D eigenvalue weighted by Gasteiger charge is 2.19. The Bertz CT molecular complexity index is 1120. The third kappa shape index (κ3) is 5.10. The summed E-state index contributed by atoms with van der Waals surface area (Å²) in [6.45, 7) is -0.613. The average molecular weight is 444 g/mol. The number of carboxylic acids is 1. The summed E-state index contributed by atoms with van der Waals surface area (Å²) in [4.78, 5) is 27.3. The largest absolute Gasteiger partial charge is 0.496 e. The van der Waals surface area contributed by atoms with Crippen LogP contribution in [0.3, 0.4) is 0 Å². The molecule has 0 radical (unpaired) electrons. The van der Waals surface area contributed by atoms with Gasteiger partial charge in [-0.05, 0) is 41.0 Å². The Kier molecular flexibility index (Phi) is 6.71. The summed E-state index contributed by atoms with van der Waals surface area (Å²) in [5, 5.41) is 9.39. The summed E-state index contributed by atoms with van der Waals surface area (Å²) < 4.78 is 20.7. The molecule has 0 aliphatic rings. The summed E-state index contributed by atoms with van der Waals surface area (Å²) in [7, 11) is 1.47. The van der Waals surface area contributed by atoms with Crippen molar-refractivity contribution < 1.29 is 23.8 Å². The molecule has 0 saturated heterocycles. The lowest BCUT2D eigenvalue weighted by Gasteiger charge is -2.17. The van der Waals surface area contributed by atoms with Crippen LogP contribution in [0.1, 0.15) is 11.1 Å². The number of halogens is 2. The van der Waals surface area contributed by atoms with Crippen molar-refractivity contribution in [1.82, 2.24) is 4.98 Å². The number of carbonyl (C=O) groups excluding carboxylic acids is 1. The van der Waals surface area contributed by atoms with Gasteiger partial charge in [0.2, 0.25) is 0 Å². The normalized spacial score (nSPS) is 10.5. The van der Waals surface area contributed by atoms with E-state index < -0.39 is 24.4 Å². The number of amides is 2. The van der Waals surface area contributed by atoms with E-state index in [2.05, 4.69) is 4.98 Å². The second-order valence-corrected chi connectivity index (χ2v) is 7.08. The average Bonchev–Trinajstić information content (AvgIpc) is 2.73. The van der Waals surface area contributed by atoms with Gasteiger partial charge in [-0.3, -0.25) is 9.69 Å². The van der Waals surface area contributed by atoms with Crippen LogP contribution in [0.4, 0.5) is 15.0 Å². The topological polar surface area (TPSA) is 106 Å². The molecule has 0 fully saturated rings. The van der Waals surface area contributed by atoms with Crippen molar-refractivity contribution in [2.75, 3.05) is 18.6 Å². The van der Waals surface area contributed by atoms with Crippen molar-refractivity contribution in [3.8, 4) is 16.9 Å². The molecule has 3 N–H and O–H groups in total. The molecular weight excluding hydrogens is 425 g/mol. The molecule has 0 aliphatic carbocycles. The molecule has 0 atom stereocenters. The standard InChI is InChI=1S/C22H19ClFN3O4/c1-31-17-7-6-15(21(24)20(17)14-3-2-4-16(23)10-14)9-13-5-8-18(26-11-13)27(22(25)30)12-19(28)29/h2-8,10-11H,9,12H2,1H3,(H2,25,30)(H,28,29). The lowest BCUT2D eigenvalue weighted by molar-refractivity contribution is -0.135. The molecule has 2 aromatic carbocycles. The number of benzene rings is 2. The van der Waals surface area contributed by atoms with Crippen molar-refractivity contribution in [1.29, 1.82) is 0 Å². The fourth-order valence-electron chi connectivity index (χ4n) is 3.13. The first-order valence-electron chi connectivity index (χ1n) is 9.15. The molecule has 9 heteroatoms. The Morgan fingerprint density at radius 3 is 2.58 bits per heavy atom. The van der Waals surface area contributed by atoms with Crippen molar-refractivity contribution in [2.24, 2.45) is 5.73 Å². The van der Waals surface area contributed by atoms with Crippen LogP contribution in [0.5, 0.6) is 5.75 Å². The van der Waals surface area contributed by atoms with Gasteiger partial charge in [0, 0.05) is 17.6 Å². The highest BCUT2D eigenvalue weighted by atomic mass is 35.5. The zero-order valence-corrected chi connectivity index (χ0v) is 17.3. The number of pyridine rings is 1. The van der Waals surface area contributed by atoms with Crippen molar-refractivity contribution in [3.63, 3.8) is 0 Å². The Morgan fingerprint density at radius 1 is 1.23 bits per heavy atom. The lowest BCUT2D eigenvalue weighted by atomic mass is 9.97. The van der Waals surface area contributed by atoms with Gasteiger partial charge in [-0.25, -0.2) is 14.2 Å². The van der Waals surface area contributed by atoms with E-state index in [4.69, 9.17) is 27.2 Å². The number of aliphatic carboxylic acids is 1. The first-order chi connectivity index (χ1) is 14.8. The smallest absolute Gasteiger partial charge is 0.323 e. The van der Waals surface area contributed by atoms with Crippen LogP contribution in [0.25, 0.3) is 11.1 Å². The molecule has 7 nitrogen and oxygen atoms in total. The highest BCUT2D eigenvalue weighted by Crippen LogP contribution is 2.36. The van der Waals surface area contributed by atoms with Gasteiger partial charge in [-0.15, -0.1) is 0 Å². The van der Waals surface area contributed by atoms with Crippen LogP contribution >= 0.6 is 11.6 Å². The molecule has 31 heavy (non-hydrogen) atoms. The zero-order valence-electron chi connectivity index (χ0n) is 16.5. The monoisotopic (exact) mass is 443 g/mol. The van der Waals surface area contributed by atoms with Crippen molar-refractivity contribution >= 4 is 29.4 Å². The third-order valence-electron chi connectivity index (χ3n) is 4.56. The number of nitrogens with two attached hydrogens (primary N) is 1. The molecule has 0 spiro atoms. The number of carboxylic acid groups (broad SMARTS) is 1. The van der Waals surface area contributed by atoms with Gasteiger partial charge in [0.05, 0.1) is 12.7 Å². The third-order valence-corrected chi connectivity index (χ3v) is 4.79. The molecule has 3 aromatic rings. The number of rotatable bonds is 7. The molecular formula is C22H19ClFN3O4. The fourth-order valence-corrected chi connectivity index (χ4v) is 3.32. The highest BCUT2D eigenvalue weighted by molar-refractivity contribution is 6.30. The molecule has 0 unspecified atom stereocenters. The quantitative estimate of drug-likeness (QED) is 0.571. The number of methoxy groups -OCH3 is 1.